The molecule has 2 amide bonds. The molecule has 0 aliphatic carbocycles. The van der Waals surface area contributed by atoms with Crippen molar-refractivity contribution in [3.63, 3.8) is 0 Å². The number of amides is 2. The lowest BCUT2D eigenvalue weighted by Crippen LogP contribution is -2.34. The van der Waals surface area contributed by atoms with Crippen LogP contribution in [0.25, 0.3) is 11.2 Å². The van der Waals surface area contributed by atoms with Gasteiger partial charge in [-0.25, -0.2) is 9.78 Å². The second-order valence-corrected chi connectivity index (χ2v) is 7.43. The number of nitrogens with zero attached hydrogens (tertiary/aromatic N) is 3. The first-order chi connectivity index (χ1) is 16.4. The van der Waals surface area contributed by atoms with Gasteiger partial charge in [0, 0.05) is 0 Å². The van der Waals surface area contributed by atoms with Gasteiger partial charge in [-0.15, -0.1) is 0 Å². The Bertz CT molecular complexity index is 1230. The van der Waals surface area contributed by atoms with Crippen molar-refractivity contribution >= 4 is 29.1 Å². The quantitative estimate of drug-likeness (QED) is 0.236. The van der Waals surface area contributed by atoms with E-state index < -0.39 is 55.3 Å². The molecule has 0 radical (unpaired) electrons. The van der Waals surface area contributed by atoms with Crippen LogP contribution >= 0.6 is 0 Å². The third-order valence-corrected chi connectivity index (χ3v) is 5.09. The monoisotopic (exact) mass is 474 g/mol. The number of imidazole rings is 1. The van der Waals surface area contributed by atoms with Gasteiger partial charge in [-0.05, 0) is 5.56 Å². The maximum Gasteiger partial charge on any atom is 0.407 e. The summed E-state index contributed by atoms with van der Waals surface area (Å²) in [5, 5.41) is 34.1. The van der Waals surface area contributed by atoms with E-state index in [4.69, 9.17) is 9.47 Å². The predicted molar refractivity (Wildman–Crippen MR) is 114 cm³/mol. The normalized spacial score (nSPS) is 22.0. The lowest BCUT2D eigenvalue weighted by Gasteiger charge is -2.16. The Morgan fingerprint density at radius 1 is 1.21 bits per heavy atom. The summed E-state index contributed by atoms with van der Waals surface area (Å²) in [5.74, 6) is -0.936. The van der Waals surface area contributed by atoms with Crippen molar-refractivity contribution in [1.82, 2.24) is 24.8 Å². The summed E-state index contributed by atoms with van der Waals surface area (Å²) in [6, 6.07) is 8.99. The van der Waals surface area contributed by atoms with Crippen LogP contribution in [0.3, 0.4) is 0 Å². The van der Waals surface area contributed by atoms with Crippen molar-refractivity contribution in [3.8, 4) is 0 Å². The molecule has 1 saturated heterocycles. The number of carbonyl (C=O) groups is 2. The molecule has 1 aromatic carbocycles. The Hall–Kier alpha value is -3.85. The number of alkyl carbamates (subject to hydrolysis) is 1. The number of aliphatic hydroxyl groups excluding tert-OH is 3. The summed E-state index contributed by atoms with van der Waals surface area (Å²) in [6.45, 7) is -0.953. The summed E-state index contributed by atoms with van der Waals surface area (Å²) in [7, 11) is 0. The van der Waals surface area contributed by atoms with Gasteiger partial charge in [0.25, 0.3) is 5.56 Å². The van der Waals surface area contributed by atoms with E-state index in [9.17, 15) is 29.7 Å². The van der Waals surface area contributed by atoms with Crippen molar-refractivity contribution in [2.75, 3.05) is 18.5 Å². The van der Waals surface area contributed by atoms with Gasteiger partial charge in [-0.2, -0.15) is 4.98 Å². The third kappa shape index (κ3) is 4.89. The Kier molecular flexibility index (Phi) is 6.83. The van der Waals surface area contributed by atoms with E-state index in [1.807, 2.05) is 6.07 Å². The molecule has 4 rings (SSSR count). The highest BCUT2D eigenvalue weighted by molar-refractivity contribution is 5.92. The highest BCUT2D eigenvalue weighted by Crippen LogP contribution is 2.30. The summed E-state index contributed by atoms with van der Waals surface area (Å²) in [5.41, 5.74) is -0.0357. The van der Waals surface area contributed by atoms with Crippen LogP contribution in [0.4, 0.5) is 10.7 Å². The number of benzene rings is 1. The van der Waals surface area contributed by atoms with Crippen LogP contribution in [0.5, 0.6) is 0 Å². The largest absolute Gasteiger partial charge is 0.445 e. The van der Waals surface area contributed by atoms with E-state index in [1.165, 1.54) is 10.9 Å². The molecule has 0 saturated carbocycles. The number of nitrogens with one attached hydrogen (secondary N) is 3. The molecule has 3 aromatic rings. The van der Waals surface area contributed by atoms with Crippen molar-refractivity contribution in [1.29, 1.82) is 0 Å². The van der Waals surface area contributed by atoms with Crippen LogP contribution in [0.15, 0.2) is 41.5 Å². The standard InChI is InChI=1S/C20H22N6O8/c27-7-11-14(29)15(30)18(34-11)26-9-22-13-16(26)24-19(25-17(13)31)23-12(28)6-21-20(32)33-8-10-4-2-1-3-5-10/h1-5,9,11,14-15,18,27,29-30H,6-8H2,(H,21,32)(H2,23,24,25,28,31). The number of ether oxygens (including phenoxy) is 2. The first-order valence-corrected chi connectivity index (χ1v) is 10.2. The Labute approximate surface area is 191 Å². The number of fused-ring (bicyclic) bond motifs is 1. The molecule has 1 aliphatic rings. The fourth-order valence-corrected chi connectivity index (χ4v) is 3.38. The zero-order valence-corrected chi connectivity index (χ0v) is 17.6. The van der Waals surface area contributed by atoms with Gasteiger partial charge in [-0.3, -0.25) is 24.5 Å². The lowest BCUT2D eigenvalue weighted by atomic mass is 10.1. The first kappa shape index (κ1) is 23.3. The number of H-pyrrole nitrogens is 1. The van der Waals surface area contributed by atoms with Gasteiger partial charge in [0.2, 0.25) is 11.9 Å². The van der Waals surface area contributed by atoms with Crippen molar-refractivity contribution in [3.05, 3.63) is 52.6 Å². The number of aliphatic hydroxyl groups is 3. The summed E-state index contributed by atoms with van der Waals surface area (Å²) in [6.07, 6.45) is -4.61. The molecule has 6 N–H and O–H groups in total. The minimum atomic E-state index is -1.42. The molecule has 1 aliphatic heterocycles. The maximum atomic E-state index is 12.4. The third-order valence-electron chi connectivity index (χ3n) is 5.09. The molecule has 0 bridgehead atoms. The van der Waals surface area contributed by atoms with Crippen molar-refractivity contribution in [2.45, 2.75) is 31.1 Å². The van der Waals surface area contributed by atoms with Crippen LogP contribution < -0.4 is 16.2 Å². The SMILES string of the molecule is O=C(CNC(=O)OCc1ccccc1)Nc1nc2c(ncn2C2OC(CO)C(O)C2O)c(=O)[nH]1. The number of carbonyl (C=O) groups excluding carboxylic acids is 2. The molecule has 14 heteroatoms. The highest BCUT2D eigenvalue weighted by atomic mass is 16.6. The molecule has 1 fully saturated rings. The smallest absolute Gasteiger partial charge is 0.407 e. The van der Waals surface area contributed by atoms with Gasteiger partial charge in [0.05, 0.1) is 12.9 Å². The average molecular weight is 474 g/mol. The van der Waals surface area contributed by atoms with E-state index in [0.717, 1.165) is 5.56 Å². The van der Waals surface area contributed by atoms with Crippen LogP contribution in [0.1, 0.15) is 11.8 Å². The summed E-state index contributed by atoms with van der Waals surface area (Å²) in [4.78, 5) is 46.8. The van der Waals surface area contributed by atoms with E-state index >= 15 is 0 Å². The number of aromatic nitrogens is 4. The molecule has 3 heterocycles. The predicted octanol–water partition coefficient (Wildman–Crippen LogP) is -1.40. The van der Waals surface area contributed by atoms with Crippen molar-refractivity contribution < 1.29 is 34.4 Å². The molecule has 180 valence electrons. The Balaban J connectivity index is 1.40. The van der Waals surface area contributed by atoms with Crippen LogP contribution in [0.2, 0.25) is 0 Å². The van der Waals surface area contributed by atoms with Crippen LogP contribution in [0, 0.1) is 0 Å². The molecule has 34 heavy (non-hydrogen) atoms. The van der Waals surface area contributed by atoms with Gasteiger partial charge in [0.1, 0.15) is 31.5 Å². The fourth-order valence-electron chi connectivity index (χ4n) is 3.38. The number of aromatic amines is 1. The first-order valence-electron chi connectivity index (χ1n) is 10.2. The maximum absolute atomic E-state index is 12.4. The molecule has 4 unspecified atom stereocenters. The molecular formula is C20H22N6O8. The van der Waals surface area contributed by atoms with Gasteiger partial charge in [0.15, 0.2) is 17.4 Å². The minimum absolute atomic E-state index is 0.0325. The van der Waals surface area contributed by atoms with Gasteiger partial charge < -0.3 is 30.1 Å². The summed E-state index contributed by atoms with van der Waals surface area (Å²) >= 11 is 0. The highest BCUT2D eigenvalue weighted by Gasteiger charge is 2.44. The van der Waals surface area contributed by atoms with Gasteiger partial charge >= 0.3 is 6.09 Å². The fraction of sp³-hybridized carbons (Fsp3) is 0.350. The zero-order chi connectivity index (χ0) is 24.2. The molecule has 0 spiro atoms. The second-order valence-electron chi connectivity index (χ2n) is 7.43. The van der Waals surface area contributed by atoms with Crippen LogP contribution in [-0.4, -0.2) is 78.3 Å². The molecule has 2 aromatic heterocycles. The Morgan fingerprint density at radius 2 is 1.97 bits per heavy atom. The molecule has 4 atom stereocenters. The van der Waals surface area contributed by atoms with Crippen molar-refractivity contribution in [2.24, 2.45) is 0 Å². The molecular weight excluding hydrogens is 452 g/mol. The number of hydrogen-bond donors (Lipinski definition) is 6. The lowest BCUT2D eigenvalue weighted by molar-refractivity contribution is -0.115. The van der Waals surface area contributed by atoms with Gasteiger partial charge in [-0.1, -0.05) is 30.3 Å². The summed E-state index contributed by atoms with van der Waals surface area (Å²) < 4.78 is 11.7. The van der Waals surface area contributed by atoms with E-state index in [1.54, 1.807) is 24.3 Å². The minimum Gasteiger partial charge on any atom is -0.445 e. The number of hydrogen-bond acceptors (Lipinski definition) is 10. The Morgan fingerprint density at radius 3 is 2.68 bits per heavy atom. The number of anilines is 1. The van der Waals surface area contributed by atoms with E-state index in [-0.39, 0.29) is 23.7 Å². The average Bonchev–Trinajstić information content (AvgIpc) is 3.38. The second kappa shape index (κ2) is 9.96. The topological polar surface area (TPSA) is 201 Å². The van der Waals surface area contributed by atoms with E-state index in [2.05, 4.69) is 25.6 Å². The number of rotatable bonds is 7. The van der Waals surface area contributed by atoms with Crippen LogP contribution in [-0.2, 0) is 20.9 Å². The zero-order valence-electron chi connectivity index (χ0n) is 17.6. The van der Waals surface area contributed by atoms with E-state index in [0.29, 0.717) is 0 Å². The molecule has 14 nitrogen and oxygen atoms in total.